The maximum Gasteiger partial charge on any atom is 0.313 e. The van der Waals surface area contributed by atoms with Crippen LogP contribution in [0.1, 0.15) is 78.1 Å². The Balaban J connectivity index is 2.32. The van der Waals surface area contributed by atoms with Crippen LogP contribution in [0.3, 0.4) is 0 Å². The largest absolute Gasteiger partial charge is 0.465 e. The highest BCUT2D eigenvalue weighted by molar-refractivity contribution is 5.83. The van der Waals surface area contributed by atoms with Crippen LogP contribution in [0.15, 0.2) is 36.5 Å². The molecule has 0 fully saturated rings. The van der Waals surface area contributed by atoms with Crippen molar-refractivity contribution in [3.05, 3.63) is 36.5 Å². The summed E-state index contributed by atoms with van der Waals surface area (Å²) in [5.41, 5.74) is 0. The molecule has 2 unspecified atom stereocenters. The van der Waals surface area contributed by atoms with E-state index in [-0.39, 0.29) is 11.9 Å². The third kappa shape index (κ3) is 10.5. The molecule has 0 amide bonds. The lowest BCUT2D eigenvalue weighted by Crippen LogP contribution is -2.33. The molecule has 0 aromatic heterocycles. The third-order valence-corrected chi connectivity index (χ3v) is 4.76. The topological polar surface area (TPSA) is 52.6 Å². The molecule has 0 N–H and O–H groups in total. The SMILES string of the molecule is CCC/C=C/CCCOC(=O)C1C=CCCC1C(=O)OCCC/C=C/CCC. The Kier molecular flexibility index (Phi) is 14.0. The monoisotopic (exact) mass is 390 g/mol. The highest BCUT2D eigenvalue weighted by Crippen LogP contribution is 2.27. The molecular formula is C24H38O4. The van der Waals surface area contributed by atoms with Crippen molar-refractivity contribution in [3.63, 3.8) is 0 Å². The molecule has 158 valence electrons. The van der Waals surface area contributed by atoms with E-state index in [9.17, 15) is 9.59 Å². The first kappa shape index (κ1) is 24.2. The number of rotatable bonds is 14. The van der Waals surface area contributed by atoms with Gasteiger partial charge in [0.1, 0.15) is 0 Å². The molecule has 0 saturated heterocycles. The lowest BCUT2D eigenvalue weighted by Gasteiger charge is -2.24. The summed E-state index contributed by atoms with van der Waals surface area (Å²) in [7, 11) is 0. The van der Waals surface area contributed by atoms with Gasteiger partial charge in [-0.05, 0) is 51.4 Å². The number of allylic oxidation sites excluding steroid dienone is 5. The van der Waals surface area contributed by atoms with Gasteiger partial charge >= 0.3 is 11.9 Å². The van der Waals surface area contributed by atoms with Crippen molar-refractivity contribution >= 4 is 11.9 Å². The van der Waals surface area contributed by atoms with Crippen molar-refractivity contribution in [1.82, 2.24) is 0 Å². The van der Waals surface area contributed by atoms with E-state index in [2.05, 4.69) is 38.2 Å². The number of hydrogen-bond donors (Lipinski definition) is 0. The molecule has 0 radical (unpaired) electrons. The summed E-state index contributed by atoms with van der Waals surface area (Å²) < 4.78 is 10.8. The van der Waals surface area contributed by atoms with Crippen molar-refractivity contribution in [2.24, 2.45) is 11.8 Å². The summed E-state index contributed by atoms with van der Waals surface area (Å²) in [5, 5.41) is 0. The molecule has 0 aliphatic heterocycles. The molecule has 0 aromatic rings. The van der Waals surface area contributed by atoms with Crippen LogP contribution in [0, 0.1) is 11.8 Å². The first-order valence-corrected chi connectivity index (χ1v) is 11.0. The zero-order valence-corrected chi connectivity index (χ0v) is 17.7. The number of esters is 2. The van der Waals surface area contributed by atoms with Crippen molar-refractivity contribution in [2.45, 2.75) is 78.1 Å². The molecule has 0 bridgehead atoms. The second kappa shape index (κ2) is 16.1. The van der Waals surface area contributed by atoms with Crippen molar-refractivity contribution in [3.8, 4) is 0 Å². The molecule has 2 atom stereocenters. The number of unbranched alkanes of at least 4 members (excludes halogenated alkanes) is 4. The third-order valence-electron chi connectivity index (χ3n) is 4.76. The number of carbonyl (C=O) groups excluding carboxylic acids is 2. The van der Waals surface area contributed by atoms with Crippen molar-refractivity contribution in [1.29, 1.82) is 0 Å². The summed E-state index contributed by atoms with van der Waals surface area (Å²) in [5.74, 6) is -1.51. The van der Waals surface area contributed by atoms with E-state index in [1.54, 1.807) is 0 Å². The van der Waals surface area contributed by atoms with Gasteiger partial charge in [-0.15, -0.1) is 0 Å². The van der Waals surface area contributed by atoms with Gasteiger partial charge in [-0.2, -0.15) is 0 Å². The summed E-state index contributed by atoms with van der Waals surface area (Å²) in [6, 6.07) is 0. The van der Waals surface area contributed by atoms with Crippen LogP contribution in [-0.4, -0.2) is 25.2 Å². The summed E-state index contributed by atoms with van der Waals surface area (Å²) in [6.45, 7) is 5.10. The van der Waals surface area contributed by atoms with Gasteiger partial charge in [0.2, 0.25) is 0 Å². The Morgan fingerprint density at radius 2 is 1.39 bits per heavy atom. The van der Waals surface area contributed by atoms with Gasteiger partial charge < -0.3 is 9.47 Å². The average Bonchev–Trinajstić information content (AvgIpc) is 2.72. The Hall–Kier alpha value is -1.84. The van der Waals surface area contributed by atoms with Gasteiger partial charge in [-0.25, -0.2) is 0 Å². The van der Waals surface area contributed by atoms with Crippen LogP contribution in [0.2, 0.25) is 0 Å². The Morgan fingerprint density at radius 3 is 1.96 bits per heavy atom. The van der Waals surface area contributed by atoms with Crippen LogP contribution < -0.4 is 0 Å². The zero-order chi connectivity index (χ0) is 20.5. The fourth-order valence-electron chi connectivity index (χ4n) is 3.10. The van der Waals surface area contributed by atoms with E-state index >= 15 is 0 Å². The van der Waals surface area contributed by atoms with E-state index in [4.69, 9.17) is 9.47 Å². The standard InChI is InChI=1S/C24H38O4/c1-3-5-7-9-11-15-19-27-23(25)21-17-13-14-18-22(21)24(26)28-20-16-12-10-8-6-4-2/h7-10,13,17,21-22H,3-6,11-12,14-16,18-20H2,1-2H3/b9-7+,10-8+. The van der Waals surface area contributed by atoms with Crippen molar-refractivity contribution < 1.29 is 19.1 Å². The predicted octanol–water partition coefficient (Wildman–Crippen LogP) is 5.93. The number of ether oxygens (including phenoxy) is 2. The zero-order valence-electron chi connectivity index (χ0n) is 17.7. The number of carbonyl (C=O) groups is 2. The second-order valence-electron chi connectivity index (χ2n) is 7.28. The molecule has 0 spiro atoms. The van der Waals surface area contributed by atoms with Crippen LogP contribution in [0.25, 0.3) is 0 Å². The van der Waals surface area contributed by atoms with Gasteiger partial charge in [0.25, 0.3) is 0 Å². The fourth-order valence-corrected chi connectivity index (χ4v) is 3.10. The molecule has 4 nitrogen and oxygen atoms in total. The van der Waals surface area contributed by atoms with Gasteiger partial charge in [-0.1, -0.05) is 63.1 Å². The molecular weight excluding hydrogens is 352 g/mol. The van der Waals surface area contributed by atoms with Gasteiger partial charge in [-0.3, -0.25) is 9.59 Å². The van der Waals surface area contributed by atoms with Crippen LogP contribution in [0.4, 0.5) is 0 Å². The summed E-state index contributed by atoms with van der Waals surface area (Å²) >= 11 is 0. The number of hydrogen-bond acceptors (Lipinski definition) is 4. The van der Waals surface area contributed by atoms with Crippen LogP contribution in [-0.2, 0) is 19.1 Å². The lowest BCUT2D eigenvalue weighted by atomic mass is 9.84. The van der Waals surface area contributed by atoms with E-state index in [1.807, 2.05) is 12.2 Å². The van der Waals surface area contributed by atoms with E-state index in [1.165, 1.54) is 0 Å². The summed E-state index contributed by atoms with van der Waals surface area (Å²) in [6.07, 6.45) is 21.7. The quantitative estimate of drug-likeness (QED) is 0.210. The second-order valence-corrected chi connectivity index (χ2v) is 7.28. The maximum atomic E-state index is 12.4. The van der Waals surface area contributed by atoms with Gasteiger partial charge in [0.05, 0.1) is 25.0 Å². The highest BCUT2D eigenvalue weighted by Gasteiger charge is 2.35. The van der Waals surface area contributed by atoms with E-state index < -0.39 is 11.8 Å². The molecule has 0 saturated carbocycles. The Labute approximate surface area is 171 Å². The lowest BCUT2D eigenvalue weighted by molar-refractivity contribution is -0.159. The van der Waals surface area contributed by atoms with Gasteiger partial charge in [0.15, 0.2) is 0 Å². The molecule has 4 heteroatoms. The van der Waals surface area contributed by atoms with Gasteiger partial charge in [0, 0.05) is 0 Å². The first-order valence-electron chi connectivity index (χ1n) is 11.0. The molecule has 0 aromatic carbocycles. The average molecular weight is 391 g/mol. The van der Waals surface area contributed by atoms with Crippen LogP contribution in [0.5, 0.6) is 0 Å². The predicted molar refractivity (Wildman–Crippen MR) is 114 cm³/mol. The minimum Gasteiger partial charge on any atom is -0.465 e. The van der Waals surface area contributed by atoms with Crippen LogP contribution >= 0.6 is 0 Å². The normalized spacial score (nSPS) is 19.4. The molecule has 28 heavy (non-hydrogen) atoms. The Bertz CT molecular complexity index is 519. The smallest absolute Gasteiger partial charge is 0.313 e. The fraction of sp³-hybridized carbons (Fsp3) is 0.667. The molecule has 1 aliphatic carbocycles. The molecule has 1 aliphatic rings. The summed E-state index contributed by atoms with van der Waals surface area (Å²) in [4.78, 5) is 24.9. The van der Waals surface area contributed by atoms with E-state index in [0.717, 1.165) is 57.8 Å². The van der Waals surface area contributed by atoms with Crippen molar-refractivity contribution in [2.75, 3.05) is 13.2 Å². The maximum absolute atomic E-state index is 12.4. The van der Waals surface area contributed by atoms with E-state index in [0.29, 0.717) is 19.6 Å². The minimum atomic E-state index is -0.513. The minimum absolute atomic E-state index is 0.272. The first-order chi connectivity index (χ1) is 13.7. The Morgan fingerprint density at radius 1 is 0.857 bits per heavy atom. The highest BCUT2D eigenvalue weighted by atomic mass is 16.5. The molecule has 1 rings (SSSR count). The molecule has 0 heterocycles.